The van der Waals surface area contributed by atoms with Gasteiger partial charge in [-0.15, -0.1) is 11.3 Å². The normalized spacial score (nSPS) is 10.0. The number of amides is 2. The second kappa shape index (κ2) is 7.68. The molecule has 0 aliphatic rings. The van der Waals surface area contributed by atoms with Crippen LogP contribution >= 0.6 is 11.3 Å². The van der Waals surface area contributed by atoms with Gasteiger partial charge in [0, 0.05) is 18.0 Å². The van der Waals surface area contributed by atoms with E-state index in [-0.39, 0.29) is 5.78 Å². The van der Waals surface area contributed by atoms with E-state index >= 15 is 0 Å². The van der Waals surface area contributed by atoms with Crippen molar-refractivity contribution in [1.82, 2.24) is 10.6 Å². The van der Waals surface area contributed by atoms with E-state index in [4.69, 9.17) is 0 Å². The minimum Gasteiger partial charge on any atom is -0.348 e. The molecule has 2 amide bonds. The average molecular weight is 282 g/mol. The maximum absolute atomic E-state index is 11.4. The van der Waals surface area contributed by atoms with Gasteiger partial charge in [-0.2, -0.15) is 0 Å². The molecule has 5 nitrogen and oxygen atoms in total. The van der Waals surface area contributed by atoms with Crippen molar-refractivity contribution in [2.24, 2.45) is 0 Å². The van der Waals surface area contributed by atoms with Crippen molar-refractivity contribution in [3.8, 4) is 0 Å². The highest BCUT2D eigenvalue weighted by Crippen LogP contribution is 2.16. The van der Waals surface area contributed by atoms with Crippen LogP contribution < -0.4 is 10.6 Å². The maximum atomic E-state index is 11.4. The van der Waals surface area contributed by atoms with Crippen LogP contribution in [0.25, 0.3) is 0 Å². The number of carbonyl (C=O) groups excluding carboxylic acids is 3. The molecule has 6 heteroatoms. The Morgan fingerprint density at radius 3 is 2.26 bits per heavy atom. The predicted molar refractivity (Wildman–Crippen MR) is 74.3 cm³/mol. The second-order valence-electron chi connectivity index (χ2n) is 4.08. The first-order chi connectivity index (χ1) is 9.04. The van der Waals surface area contributed by atoms with Crippen molar-refractivity contribution in [3.05, 3.63) is 21.9 Å². The first kappa shape index (κ1) is 15.4. The quantitative estimate of drug-likeness (QED) is 0.607. The third-order valence-electron chi connectivity index (χ3n) is 2.41. The summed E-state index contributed by atoms with van der Waals surface area (Å²) in [7, 11) is 0. The summed E-state index contributed by atoms with van der Waals surface area (Å²) in [5.41, 5.74) is 0. The molecule has 2 N–H and O–H groups in total. The molecule has 1 rings (SSSR count). The third kappa shape index (κ3) is 5.21. The Bertz CT molecular complexity index is 468. The highest BCUT2D eigenvalue weighted by Gasteiger charge is 2.11. The zero-order valence-electron chi connectivity index (χ0n) is 11.1. The molecule has 0 aromatic carbocycles. The number of rotatable bonds is 6. The molecule has 1 aromatic heterocycles. The van der Waals surface area contributed by atoms with Crippen molar-refractivity contribution in [2.45, 2.75) is 26.7 Å². The average Bonchev–Trinajstić information content (AvgIpc) is 2.84. The van der Waals surface area contributed by atoms with E-state index < -0.39 is 11.8 Å². The Labute approximate surface area is 116 Å². The lowest BCUT2D eigenvalue weighted by molar-refractivity contribution is -0.139. The van der Waals surface area contributed by atoms with Crippen LogP contribution in [-0.4, -0.2) is 30.7 Å². The van der Waals surface area contributed by atoms with Gasteiger partial charge in [-0.1, -0.05) is 6.92 Å². The van der Waals surface area contributed by atoms with Gasteiger partial charge in [-0.3, -0.25) is 14.4 Å². The van der Waals surface area contributed by atoms with E-state index in [1.165, 1.54) is 18.3 Å². The van der Waals surface area contributed by atoms with Crippen LogP contribution in [0.15, 0.2) is 12.1 Å². The van der Waals surface area contributed by atoms with Gasteiger partial charge in [0.05, 0.1) is 4.88 Å². The third-order valence-corrected chi connectivity index (χ3v) is 3.65. The lowest BCUT2D eigenvalue weighted by Gasteiger charge is -2.04. The van der Waals surface area contributed by atoms with E-state index in [9.17, 15) is 14.4 Å². The van der Waals surface area contributed by atoms with Crippen LogP contribution in [0.2, 0.25) is 0 Å². The number of thiophene rings is 1. The summed E-state index contributed by atoms with van der Waals surface area (Å²) in [6.45, 7) is 4.33. The molecule has 0 spiro atoms. The zero-order valence-corrected chi connectivity index (χ0v) is 11.9. The Hall–Kier alpha value is -1.69. The van der Waals surface area contributed by atoms with Crippen LogP contribution in [0.4, 0.5) is 0 Å². The van der Waals surface area contributed by atoms with Gasteiger partial charge in [0.25, 0.3) is 0 Å². The number of ketones is 1. The molecule has 1 heterocycles. The standard InChI is InChI=1S/C13H18N2O3S/c1-3-7-14-12(17)13(18)15-8-6-10-4-5-11(19-10)9(2)16/h4-5H,3,6-8H2,1-2H3,(H,14,17)(H,15,18). The summed E-state index contributed by atoms with van der Waals surface area (Å²) in [6, 6.07) is 3.64. The molecule has 19 heavy (non-hydrogen) atoms. The van der Waals surface area contributed by atoms with E-state index in [0.717, 1.165) is 11.3 Å². The zero-order chi connectivity index (χ0) is 14.3. The number of Topliss-reactive ketones (excluding diaryl/α,β-unsaturated/α-hetero) is 1. The number of hydrogen-bond acceptors (Lipinski definition) is 4. The molecule has 0 saturated heterocycles. The van der Waals surface area contributed by atoms with E-state index in [1.54, 1.807) is 6.07 Å². The molecule has 0 radical (unpaired) electrons. The topological polar surface area (TPSA) is 75.3 Å². The lowest BCUT2D eigenvalue weighted by atomic mass is 10.3. The fourth-order valence-corrected chi connectivity index (χ4v) is 2.30. The molecule has 0 bridgehead atoms. The summed E-state index contributed by atoms with van der Waals surface area (Å²) in [6.07, 6.45) is 1.41. The van der Waals surface area contributed by atoms with Crippen LogP contribution in [0.1, 0.15) is 34.8 Å². The van der Waals surface area contributed by atoms with Crippen LogP contribution in [-0.2, 0) is 16.0 Å². The Morgan fingerprint density at radius 2 is 1.74 bits per heavy atom. The Kier molecular flexibility index (Phi) is 6.21. The molecule has 0 aliphatic heterocycles. The van der Waals surface area contributed by atoms with E-state index in [0.29, 0.717) is 24.4 Å². The molecule has 0 aliphatic carbocycles. The summed E-state index contributed by atoms with van der Waals surface area (Å²) < 4.78 is 0. The molecule has 104 valence electrons. The number of nitrogens with one attached hydrogen (secondary N) is 2. The fourth-order valence-electron chi connectivity index (χ4n) is 1.40. The Morgan fingerprint density at radius 1 is 1.11 bits per heavy atom. The lowest BCUT2D eigenvalue weighted by Crippen LogP contribution is -2.40. The van der Waals surface area contributed by atoms with E-state index in [2.05, 4.69) is 10.6 Å². The largest absolute Gasteiger partial charge is 0.348 e. The molecule has 0 atom stereocenters. The first-order valence-electron chi connectivity index (χ1n) is 6.20. The fraction of sp³-hybridized carbons (Fsp3) is 0.462. The summed E-state index contributed by atoms with van der Waals surface area (Å²) in [5.74, 6) is -1.17. The number of carbonyl (C=O) groups is 3. The summed E-state index contributed by atoms with van der Waals surface area (Å²) >= 11 is 1.41. The highest BCUT2D eigenvalue weighted by molar-refractivity contribution is 7.14. The molecule has 0 fully saturated rings. The van der Waals surface area contributed by atoms with E-state index in [1.807, 2.05) is 13.0 Å². The van der Waals surface area contributed by atoms with Crippen molar-refractivity contribution in [2.75, 3.05) is 13.1 Å². The van der Waals surface area contributed by atoms with Gasteiger partial charge in [0.2, 0.25) is 0 Å². The Balaban J connectivity index is 2.31. The van der Waals surface area contributed by atoms with Crippen LogP contribution in [0.3, 0.4) is 0 Å². The first-order valence-corrected chi connectivity index (χ1v) is 7.02. The summed E-state index contributed by atoms with van der Waals surface area (Å²) in [5, 5.41) is 5.06. The SMILES string of the molecule is CCCNC(=O)C(=O)NCCc1ccc(C(C)=O)s1. The maximum Gasteiger partial charge on any atom is 0.309 e. The highest BCUT2D eigenvalue weighted by atomic mass is 32.1. The van der Waals surface area contributed by atoms with Crippen LogP contribution in [0, 0.1) is 0 Å². The molecule has 0 unspecified atom stereocenters. The smallest absolute Gasteiger partial charge is 0.309 e. The van der Waals surface area contributed by atoms with Crippen molar-refractivity contribution < 1.29 is 14.4 Å². The predicted octanol–water partition coefficient (Wildman–Crippen LogP) is 1.14. The minimum absolute atomic E-state index is 0.0410. The molecular formula is C13H18N2O3S. The van der Waals surface area contributed by atoms with Gasteiger partial charge in [0.1, 0.15) is 0 Å². The van der Waals surface area contributed by atoms with Gasteiger partial charge in [-0.05, 0) is 31.9 Å². The monoisotopic (exact) mass is 282 g/mol. The van der Waals surface area contributed by atoms with Gasteiger partial charge >= 0.3 is 11.8 Å². The van der Waals surface area contributed by atoms with Gasteiger partial charge in [0.15, 0.2) is 5.78 Å². The van der Waals surface area contributed by atoms with Crippen LogP contribution in [0.5, 0.6) is 0 Å². The minimum atomic E-state index is -0.614. The van der Waals surface area contributed by atoms with Crippen molar-refractivity contribution in [1.29, 1.82) is 0 Å². The molecular weight excluding hydrogens is 264 g/mol. The molecule has 0 saturated carbocycles. The summed E-state index contributed by atoms with van der Waals surface area (Å²) in [4.78, 5) is 35.5. The van der Waals surface area contributed by atoms with Gasteiger partial charge in [-0.25, -0.2) is 0 Å². The second-order valence-corrected chi connectivity index (χ2v) is 5.25. The van der Waals surface area contributed by atoms with Crippen molar-refractivity contribution in [3.63, 3.8) is 0 Å². The van der Waals surface area contributed by atoms with Crippen molar-refractivity contribution >= 4 is 28.9 Å². The molecule has 1 aromatic rings. The number of hydrogen-bond donors (Lipinski definition) is 2. The van der Waals surface area contributed by atoms with Gasteiger partial charge < -0.3 is 10.6 Å².